The van der Waals surface area contributed by atoms with E-state index in [1.165, 1.54) is 0 Å². The molecule has 0 rings (SSSR count). The summed E-state index contributed by atoms with van der Waals surface area (Å²) in [7, 11) is 0. The first kappa shape index (κ1) is 25.3. The monoisotopic (exact) mass is 431 g/mol. The molecule has 5 heteroatoms. The fourth-order valence-corrected chi connectivity index (χ4v) is 0. The number of rotatable bonds is 0. The second-order valence-electron chi connectivity index (χ2n) is 0. The van der Waals surface area contributed by atoms with Gasteiger partial charge in [-0.05, 0) is 0 Å². The quantitative estimate of drug-likeness (QED) is 0.353. The van der Waals surface area contributed by atoms with Crippen molar-refractivity contribution in [2.75, 3.05) is 0 Å². The molecule has 0 aromatic heterocycles. The summed E-state index contributed by atoms with van der Waals surface area (Å²) in [6, 6.07) is 0. The van der Waals surface area contributed by atoms with E-state index in [9.17, 15) is 0 Å². The molecule has 0 aliphatic rings. The fraction of sp³-hybridized carbons (Fsp3) is 0. The maximum absolute atomic E-state index is 8.38. The Morgan fingerprint density at radius 1 is 1.40 bits per heavy atom. The Balaban J connectivity index is -0.000000000833. The van der Waals surface area contributed by atoms with E-state index in [1.807, 2.05) is 0 Å². The summed E-state index contributed by atoms with van der Waals surface area (Å²) in [5, 5.41) is 0. The average Bonchev–Trinajstić information content (AvgIpc) is 1.00. The molecule has 0 aromatic rings. The van der Waals surface area contributed by atoms with Gasteiger partial charge in [0.25, 0.3) is 0 Å². The molecule has 0 unspecified atom stereocenters. The van der Waals surface area contributed by atoms with Crippen molar-refractivity contribution in [2.45, 2.75) is 0 Å². The van der Waals surface area contributed by atoms with E-state index in [2.05, 4.69) is 0 Å². The van der Waals surface area contributed by atoms with E-state index in [0.29, 0.717) is 0 Å². The zero-order valence-corrected chi connectivity index (χ0v) is 14.3. The van der Waals surface area contributed by atoms with Crippen LogP contribution >= 0.6 is 0 Å². The second-order valence-corrected chi connectivity index (χ2v) is 0. The summed E-state index contributed by atoms with van der Waals surface area (Å²) in [5.41, 5.74) is 0. The first-order valence-corrected chi connectivity index (χ1v) is 1.50. The fourth-order valence-electron chi connectivity index (χ4n) is 0. The Hall–Kier alpha value is 2.69. The van der Waals surface area contributed by atoms with Crippen LogP contribution in [-0.2, 0) is 21.8 Å². The molecule has 1 radical (unpaired) electrons. The third-order valence-corrected chi connectivity index (χ3v) is 0. The zero-order chi connectivity index (χ0) is 2.00. The van der Waals surface area contributed by atoms with Crippen LogP contribution in [0.15, 0.2) is 0 Å². The molecule has 25 valence electrons. The minimum atomic E-state index is 0. The third kappa shape index (κ3) is 20.3. The van der Waals surface area contributed by atoms with Crippen LogP contribution in [0.4, 0.5) is 0 Å². The van der Waals surface area contributed by atoms with Gasteiger partial charge in [0.2, 0.25) is 0 Å². The molecule has 1 nitrogen and oxygen atoms in total. The Labute approximate surface area is 90.5 Å². The van der Waals surface area contributed by atoms with E-state index in [0.717, 1.165) is 0 Å². The predicted octanol–water partition coefficient (Wildman–Crippen LogP) is -4.84. The zero-order valence-electron chi connectivity index (χ0n) is 4.27. The van der Waals surface area contributed by atoms with Crippen molar-refractivity contribution in [3.05, 3.63) is 0 Å². The van der Waals surface area contributed by atoms with Gasteiger partial charge in [0.15, 0.2) is 0 Å². The second kappa shape index (κ2) is 29.9. The molecule has 0 saturated carbocycles. The van der Waals surface area contributed by atoms with Crippen LogP contribution in [0.3, 0.4) is 0 Å². The summed E-state index contributed by atoms with van der Waals surface area (Å²) < 4.78 is 8.38. The Morgan fingerprint density at radius 3 is 1.40 bits per heavy atom. The van der Waals surface area contributed by atoms with Gasteiger partial charge < -0.3 is 1.43 Å². The molecule has 0 N–H and O–H groups in total. The van der Waals surface area contributed by atoms with E-state index >= 15 is 0 Å². The molecular weight excluding hydrogens is 425 g/mol. The van der Waals surface area contributed by atoms with Crippen LogP contribution < -0.4 is 18.9 Å². The van der Waals surface area contributed by atoms with Crippen LogP contribution in [0.25, 0.3) is 0 Å². The first-order valence-electron chi connectivity index (χ1n) is 0.289. The molecule has 0 aliphatic carbocycles. The van der Waals surface area contributed by atoms with Gasteiger partial charge in [-0.1, -0.05) is 0 Å². The van der Waals surface area contributed by atoms with Gasteiger partial charge in [0, 0.05) is 0 Å². The van der Waals surface area contributed by atoms with Crippen molar-refractivity contribution in [1.82, 2.24) is 0 Å². The molecule has 0 atom stereocenters. The van der Waals surface area contributed by atoms with Crippen molar-refractivity contribution < 1.29 is 42.1 Å². The maximum atomic E-state index is 8.38. The SMILES string of the molecule is [BiH3].[H-].[Li+].[O]=[Zn].[TeH]. The molecule has 0 aliphatic heterocycles. The average molecular weight is 430 g/mol. The Morgan fingerprint density at radius 2 is 1.40 bits per heavy atom. The Kier molecular flexibility index (Phi) is 151. The molecule has 0 fully saturated rings. The molecule has 0 aromatic carbocycles. The van der Waals surface area contributed by atoms with Crippen LogP contribution in [0.1, 0.15) is 1.43 Å². The van der Waals surface area contributed by atoms with E-state index in [4.69, 9.17) is 3.57 Å². The first-order chi connectivity index (χ1) is 1.00. The van der Waals surface area contributed by atoms with E-state index in [-0.39, 0.29) is 88.4 Å². The minimum absolute atomic E-state index is 0. The summed E-state index contributed by atoms with van der Waals surface area (Å²) in [4.78, 5) is 0. The molecule has 0 heterocycles. The van der Waals surface area contributed by atoms with Gasteiger partial charge in [-0.25, -0.2) is 0 Å². The molecular formula is H5BiLiOTeZn. The van der Waals surface area contributed by atoms with Crippen LogP contribution in [-0.4, -0.2) is 49.9 Å². The standard InChI is InChI=1S/Bi.Li.O.HTe.Zn.4H/h;;;1H;;;;;/q;+1;;;;;;;-1. The van der Waals surface area contributed by atoms with Gasteiger partial charge >= 0.3 is 90.6 Å². The third-order valence-electron chi connectivity index (χ3n) is 0. The predicted molar refractivity (Wildman–Crippen MR) is 18.9 cm³/mol. The van der Waals surface area contributed by atoms with Gasteiger partial charge in [-0.2, -0.15) is 0 Å². The van der Waals surface area contributed by atoms with Crippen molar-refractivity contribution in [2.24, 2.45) is 0 Å². The van der Waals surface area contributed by atoms with Crippen molar-refractivity contribution in [1.29, 1.82) is 0 Å². The van der Waals surface area contributed by atoms with Crippen LogP contribution in [0.2, 0.25) is 0 Å². The van der Waals surface area contributed by atoms with Gasteiger partial charge in [-0.15, -0.1) is 0 Å². The van der Waals surface area contributed by atoms with E-state index in [1.54, 1.807) is 0 Å². The Bertz CT molecular complexity index is 15.5. The molecule has 0 saturated heterocycles. The number of hydrogen-bond acceptors (Lipinski definition) is 1. The van der Waals surface area contributed by atoms with Crippen LogP contribution in [0, 0.1) is 0 Å². The van der Waals surface area contributed by atoms with Crippen molar-refractivity contribution in [3.8, 4) is 0 Å². The van der Waals surface area contributed by atoms with Gasteiger partial charge in [-0.3, -0.25) is 0 Å². The van der Waals surface area contributed by atoms with E-state index < -0.39 is 0 Å². The molecule has 0 amide bonds. The molecule has 0 spiro atoms. The van der Waals surface area contributed by atoms with Gasteiger partial charge in [0.1, 0.15) is 0 Å². The topological polar surface area (TPSA) is 17.1 Å². The van der Waals surface area contributed by atoms with Crippen LogP contribution in [0.5, 0.6) is 0 Å². The van der Waals surface area contributed by atoms with Crippen molar-refractivity contribution >= 4 is 49.9 Å². The van der Waals surface area contributed by atoms with Crippen molar-refractivity contribution in [3.63, 3.8) is 0 Å². The molecule has 0 bridgehead atoms. The summed E-state index contributed by atoms with van der Waals surface area (Å²) >= 11 is 0.125. The summed E-state index contributed by atoms with van der Waals surface area (Å²) in [6.07, 6.45) is 0. The summed E-state index contributed by atoms with van der Waals surface area (Å²) in [5.74, 6) is 0. The molecule has 5 heavy (non-hydrogen) atoms. The number of hydrogen-bond donors (Lipinski definition) is 0. The summed E-state index contributed by atoms with van der Waals surface area (Å²) in [6.45, 7) is 0. The van der Waals surface area contributed by atoms with Gasteiger partial charge in [0.05, 0.1) is 0 Å². The normalized spacial score (nSPS) is 1.20.